The molecule has 0 radical (unpaired) electrons. The van der Waals surface area contributed by atoms with E-state index >= 15 is 0 Å². The van der Waals surface area contributed by atoms with Gasteiger partial charge in [0.2, 0.25) is 5.91 Å². The van der Waals surface area contributed by atoms with Crippen LogP contribution in [0, 0.1) is 0 Å². The normalized spacial score (nSPS) is 20.8. The van der Waals surface area contributed by atoms with Crippen molar-refractivity contribution in [3.8, 4) is 0 Å². The highest BCUT2D eigenvalue weighted by atomic mass is 35.5. The van der Waals surface area contributed by atoms with Crippen LogP contribution in [0.25, 0.3) is 0 Å². The van der Waals surface area contributed by atoms with Crippen molar-refractivity contribution in [3.63, 3.8) is 0 Å². The van der Waals surface area contributed by atoms with Gasteiger partial charge in [0, 0.05) is 30.6 Å². The highest BCUT2D eigenvalue weighted by Gasteiger charge is 2.18. The Labute approximate surface area is 126 Å². The molecule has 0 saturated carbocycles. The van der Waals surface area contributed by atoms with E-state index in [0.717, 1.165) is 50.5 Å². The Morgan fingerprint density at radius 3 is 2.44 bits per heavy atom. The van der Waals surface area contributed by atoms with Gasteiger partial charge in [-0.1, -0.05) is 0 Å². The molecule has 0 spiro atoms. The zero-order valence-electron chi connectivity index (χ0n) is 10.5. The van der Waals surface area contributed by atoms with Crippen molar-refractivity contribution in [3.05, 3.63) is 0 Å². The zero-order chi connectivity index (χ0) is 11.2. The van der Waals surface area contributed by atoms with Crippen LogP contribution < -0.4 is 10.6 Å². The number of carbonyl (C=O) groups excluding carboxylic acids is 1. The Hall–Kier alpha value is 0.320. The van der Waals surface area contributed by atoms with E-state index in [1.54, 1.807) is 0 Å². The molecule has 0 aromatic rings. The van der Waals surface area contributed by atoms with Crippen molar-refractivity contribution >= 4 is 42.5 Å². The second-order valence-corrected chi connectivity index (χ2v) is 5.62. The van der Waals surface area contributed by atoms with Gasteiger partial charge in [0.25, 0.3) is 0 Å². The summed E-state index contributed by atoms with van der Waals surface area (Å²) < 4.78 is 0. The molecular weight excluding hydrogens is 293 g/mol. The molecule has 2 heterocycles. The first-order valence-corrected chi connectivity index (χ1v) is 7.31. The summed E-state index contributed by atoms with van der Waals surface area (Å²) in [6, 6.07) is 0.532. The maximum absolute atomic E-state index is 11.9. The number of thioether (sulfide) groups is 1. The summed E-state index contributed by atoms with van der Waals surface area (Å²) in [5.41, 5.74) is 0. The van der Waals surface area contributed by atoms with Crippen LogP contribution in [0.1, 0.15) is 12.8 Å². The van der Waals surface area contributed by atoms with Crippen molar-refractivity contribution in [1.29, 1.82) is 0 Å². The Bertz CT molecular complexity index is 234. The average Bonchev–Trinajstić information content (AvgIpc) is 2.38. The standard InChI is InChI=1S/C11H21N3OS.2ClH/c15-11(14-5-7-16-8-6-14)9-13-10-1-3-12-4-2-10;;/h10,12-13H,1-9H2;2*1H. The molecule has 2 N–H and O–H groups in total. The molecule has 4 nitrogen and oxygen atoms in total. The first-order chi connectivity index (χ1) is 7.86. The molecule has 0 bridgehead atoms. The molecule has 1 amide bonds. The SMILES string of the molecule is Cl.Cl.O=C(CNC1CCNCC1)N1CCSCC1. The lowest BCUT2D eigenvalue weighted by molar-refractivity contribution is -0.130. The van der Waals surface area contributed by atoms with Gasteiger partial charge in [-0.25, -0.2) is 0 Å². The number of carbonyl (C=O) groups is 1. The molecule has 2 fully saturated rings. The van der Waals surface area contributed by atoms with E-state index in [1.807, 2.05) is 16.7 Å². The van der Waals surface area contributed by atoms with Gasteiger partial charge in [0.15, 0.2) is 0 Å². The van der Waals surface area contributed by atoms with E-state index in [1.165, 1.54) is 0 Å². The van der Waals surface area contributed by atoms with Crippen LogP contribution in [0.4, 0.5) is 0 Å². The largest absolute Gasteiger partial charge is 0.340 e. The topological polar surface area (TPSA) is 44.4 Å². The lowest BCUT2D eigenvalue weighted by Crippen LogP contribution is -2.47. The third-order valence-corrected chi connectivity index (χ3v) is 4.19. The fourth-order valence-corrected chi connectivity index (χ4v) is 3.09. The molecule has 2 rings (SSSR count). The monoisotopic (exact) mass is 315 g/mol. The van der Waals surface area contributed by atoms with Gasteiger partial charge in [0.1, 0.15) is 0 Å². The first-order valence-electron chi connectivity index (χ1n) is 6.16. The number of nitrogens with zero attached hydrogens (tertiary/aromatic N) is 1. The molecule has 18 heavy (non-hydrogen) atoms. The number of piperidine rings is 1. The molecule has 108 valence electrons. The highest BCUT2D eigenvalue weighted by Crippen LogP contribution is 2.09. The van der Waals surface area contributed by atoms with E-state index in [2.05, 4.69) is 10.6 Å². The minimum absolute atomic E-state index is 0. The molecule has 0 aliphatic carbocycles. The van der Waals surface area contributed by atoms with Gasteiger partial charge in [-0.3, -0.25) is 4.79 Å². The number of rotatable bonds is 3. The highest BCUT2D eigenvalue weighted by molar-refractivity contribution is 7.99. The van der Waals surface area contributed by atoms with E-state index in [0.29, 0.717) is 12.6 Å². The maximum Gasteiger partial charge on any atom is 0.236 e. The van der Waals surface area contributed by atoms with Crippen LogP contribution in [-0.4, -0.2) is 61.1 Å². The lowest BCUT2D eigenvalue weighted by Gasteiger charge is -2.28. The minimum Gasteiger partial charge on any atom is -0.340 e. The van der Waals surface area contributed by atoms with Crippen LogP contribution in [0.15, 0.2) is 0 Å². The van der Waals surface area contributed by atoms with Crippen LogP contribution in [0.5, 0.6) is 0 Å². The first kappa shape index (κ1) is 18.3. The maximum atomic E-state index is 11.9. The Morgan fingerprint density at radius 2 is 1.83 bits per heavy atom. The second kappa shape index (κ2) is 10.1. The van der Waals surface area contributed by atoms with Gasteiger partial charge in [-0.05, 0) is 25.9 Å². The smallest absolute Gasteiger partial charge is 0.236 e. The minimum atomic E-state index is 0. The third-order valence-electron chi connectivity index (χ3n) is 3.24. The van der Waals surface area contributed by atoms with E-state index in [4.69, 9.17) is 0 Å². The summed E-state index contributed by atoms with van der Waals surface area (Å²) in [5, 5.41) is 6.71. The number of hydrogen-bond donors (Lipinski definition) is 2. The molecule has 0 aromatic heterocycles. The van der Waals surface area contributed by atoms with Gasteiger partial charge in [-0.2, -0.15) is 11.8 Å². The van der Waals surface area contributed by atoms with Crippen molar-refractivity contribution in [2.75, 3.05) is 44.2 Å². The predicted molar refractivity (Wildman–Crippen MR) is 82.3 cm³/mol. The van der Waals surface area contributed by atoms with Crippen molar-refractivity contribution < 1.29 is 4.79 Å². The fourth-order valence-electron chi connectivity index (χ4n) is 2.18. The van der Waals surface area contributed by atoms with Gasteiger partial charge in [-0.15, -0.1) is 24.8 Å². The predicted octanol–water partition coefficient (Wildman–Crippen LogP) is 0.747. The summed E-state index contributed by atoms with van der Waals surface area (Å²) in [5.74, 6) is 2.47. The van der Waals surface area contributed by atoms with Crippen LogP contribution in [-0.2, 0) is 4.79 Å². The summed E-state index contributed by atoms with van der Waals surface area (Å²) in [7, 11) is 0. The zero-order valence-corrected chi connectivity index (χ0v) is 13.0. The van der Waals surface area contributed by atoms with Gasteiger partial charge >= 0.3 is 0 Å². The Morgan fingerprint density at radius 1 is 1.22 bits per heavy atom. The van der Waals surface area contributed by atoms with Crippen LogP contribution in [0.2, 0.25) is 0 Å². The number of amides is 1. The summed E-state index contributed by atoms with van der Waals surface area (Å²) in [6.07, 6.45) is 2.28. The molecule has 2 aliphatic rings. The quantitative estimate of drug-likeness (QED) is 0.806. The fraction of sp³-hybridized carbons (Fsp3) is 0.909. The molecule has 2 aliphatic heterocycles. The second-order valence-electron chi connectivity index (χ2n) is 4.40. The Balaban J connectivity index is 0.00000144. The van der Waals surface area contributed by atoms with Crippen molar-refractivity contribution in [2.24, 2.45) is 0 Å². The molecule has 0 aromatic carbocycles. The van der Waals surface area contributed by atoms with E-state index in [-0.39, 0.29) is 30.7 Å². The number of nitrogens with one attached hydrogen (secondary N) is 2. The van der Waals surface area contributed by atoms with E-state index in [9.17, 15) is 4.79 Å². The van der Waals surface area contributed by atoms with E-state index < -0.39 is 0 Å². The molecular formula is C11H23Cl2N3OS. The summed E-state index contributed by atoms with van der Waals surface area (Å²) >= 11 is 1.94. The van der Waals surface area contributed by atoms with Crippen molar-refractivity contribution in [2.45, 2.75) is 18.9 Å². The number of hydrogen-bond acceptors (Lipinski definition) is 4. The average molecular weight is 316 g/mol. The summed E-state index contributed by atoms with van der Waals surface area (Å²) in [4.78, 5) is 13.9. The van der Waals surface area contributed by atoms with Gasteiger partial charge in [0.05, 0.1) is 6.54 Å². The summed E-state index contributed by atoms with van der Waals surface area (Å²) in [6.45, 7) is 4.53. The lowest BCUT2D eigenvalue weighted by atomic mass is 10.1. The molecule has 2 saturated heterocycles. The van der Waals surface area contributed by atoms with Crippen LogP contribution >= 0.6 is 36.6 Å². The molecule has 7 heteroatoms. The third kappa shape index (κ3) is 5.97. The van der Waals surface area contributed by atoms with Crippen molar-refractivity contribution in [1.82, 2.24) is 15.5 Å². The van der Waals surface area contributed by atoms with Crippen LogP contribution in [0.3, 0.4) is 0 Å². The Kier molecular flexibility index (Phi) is 10.3. The molecule has 0 atom stereocenters. The van der Waals surface area contributed by atoms with Gasteiger partial charge < -0.3 is 15.5 Å². The number of halogens is 2. The molecule has 0 unspecified atom stereocenters.